The number of ether oxygens (including phenoxy) is 2. The molecular weight excluding hydrogens is 342 g/mol. The van der Waals surface area contributed by atoms with Crippen molar-refractivity contribution in [2.24, 2.45) is 10.9 Å². The van der Waals surface area contributed by atoms with Crippen LogP contribution in [0.2, 0.25) is 0 Å². The Morgan fingerprint density at radius 3 is 2.81 bits per heavy atom. The molecule has 0 bridgehead atoms. The molecule has 27 heavy (non-hydrogen) atoms. The monoisotopic (exact) mass is 373 g/mol. The molecule has 3 aliphatic rings. The van der Waals surface area contributed by atoms with Gasteiger partial charge in [0.25, 0.3) is 0 Å². The predicted octanol–water partition coefficient (Wildman–Crippen LogP) is 1.35. The van der Waals surface area contributed by atoms with Crippen LogP contribution in [0.1, 0.15) is 24.8 Å². The summed E-state index contributed by atoms with van der Waals surface area (Å²) in [6.07, 6.45) is 5.67. The van der Waals surface area contributed by atoms with Gasteiger partial charge >= 0.3 is 0 Å². The van der Waals surface area contributed by atoms with E-state index in [0.29, 0.717) is 6.04 Å². The molecule has 4 rings (SSSR count). The summed E-state index contributed by atoms with van der Waals surface area (Å²) in [6.45, 7) is 7.42. The summed E-state index contributed by atoms with van der Waals surface area (Å²) in [4.78, 5) is 13.8. The first kappa shape index (κ1) is 18.5. The highest BCUT2D eigenvalue weighted by Crippen LogP contribution is 2.29. The largest absolute Gasteiger partial charge is 0.477 e. The summed E-state index contributed by atoms with van der Waals surface area (Å²) >= 11 is 0. The molecule has 1 saturated carbocycles. The smallest absolute Gasteiger partial charge is 0.213 e. The first-order valence-corrected chi connectivity index (χ1v) is 10.2. The number of morpholine rings is 1. The van der Waals surface area contributed by atoms with E-state index in [1.807, 2.05) is 19.3 Å². The first-order valence-electron chi connectivity index (χ1n) is 10.2. The summed E-state index contributed by atoms with van der Waals surface area (Å²) in [5.41, 5.74) is 1.14. The van der Waals surface area contributed by atoms with Crippen molar-refractivity contribution in [3.8, 4) is 5.88 Å². The van der Waals surface area contributed by atoms with E-state index in [2.05, 4.69) is 31.2 Å². The standard InChI is InChI=1S/C20H31N5O2/c1-21-20(25-7-6-18(14-25)24-8-10-26-11-9-24)23-13-17-4-5-19(22-12-17)27-15-16-2-3-16/h4-5,12,16,18H,2-3,6-11,13-15H2,1H3,(H,21,23). The zero-order valence-electron chi connectivity index (χ0n) is 16.3. The molecule has 1 N–H and O–H groups in total. The minimum atomic E-state index is 0.608. The molecule has 1 aromatic rings. The molecular formula is C20H31N5O2. The molecule has 3 heterocycles. The topological polar surface area (TPSA) is 62.2 Å². The maximum atomic E-state index is 5.71. The van der Waals surface area contributed by atoms with Crippen molar-refractivity contribution < 1.29 is 9.47 Å². The highest BCUT2D eigenvalue weighted by molar-refractivity contribution is 5.80. The van der Waals surface area contributed by atoms with Gasteiger partial charge in [0.15, 0.2) is 5.96 Å². The number of nitrogens with one attached hydrogen (secondary N) is 1. The van der Waals surface area contributed by atoms with Gasteiger partial charge in [-0.2, -0.15) is 0 Å². The van der Waals surface area contributed by atoms with Crippen LogP contribution in [-0.2, 0) is 11.3 Å². The molecule has 7 heteroatoms. The van der Waals surface area contributed by atoms with E-state index in [4.69, 9.17) is 9.47 Å². The Kier molecular flexibility index (Phi) is 6.09. The molecule has 0 radical (unpaired) electrons. The quantitative estimate of drug-likeness (QED) is 0.600. The van der Waals surface area contributed by atoms with Crippen LogP contribution in [0.15, 0.2) is 23.3 Å². The first-order chi connectivity index (χ1) is 13.3. The van der Waals surface area contributed by atoms with E-state index in [1.165, 1.54) is 19.3 Å². The lowest BCUT2D eigenvalue weighted by atomic mass is 10.2. The third-order valence-corrected chi connectivity index (χ3v) is 5.65. The molecule has 148 valence electrons. The Labute approximate surface area is 161 Å². The molecule has 2 aliphatic heterocycles. The van der Waals surface area contributed by atoms with E-state index < -0.39 is 0 Å². The van der Waals surface area contributed by atoms with Crippen LogP contribution in [0.4, 0.5) is 0 Å². The van der Waals surface area contributed by atoms with Crippen molar-refractivity contribution in [1.29, 1.82) is 0 Å². The van der Waals surface area contributed by atoms with E-state index in [-0.39, 0.29) is 0 Å². The van der Waals surface area contributed by atoms with E-state index in [9.17, 15) is 0 Å². The van der Waals surface area contributed by atoms with Crippen LogP contribution in [0.5, 0.6) is 5.88 Å². The lowest BCUT2D eigenvalue weighted by molar-refractivity contribution is 0.0195. The van der Waals surface area contributed by atoms with Crippen molar-refractivity contribution in [3.05, 3.63) is 23.9 Å². The number of rotatable bonds is 6. The number of aliphatic imine (C=N–C) groups is 1. The number of pyridine rings is 1. The number of guanidine groups is 1. The number of nitrogens with zero attached hydrogens (tertiary/aromatic N) is 4. The van der Waals surface area contributed by atoms with Gasteiger partial charge in [-0.15, -0.1) is 0 Å². The molecule has 0 aromatic carbocycles. The Hall–Kier alpha value is -1.86. The molecule has 0 amide bonds. The van der Waals surface area contributed by atoms with Crippen molar-refractivity contribution in [2.75, 3.05) is 53.0 Å². The fourth-order valence-corrected chi connectivity index (χ4v) is 3.78. The van der Waals surface area contributed by atoms with E-state index in [1.54, 1.807) is 0 Å². The summed E-state index contributed by atoms with van der Waals surface area (Å²) in [7, 11) is 1.86. The molecule has 1 atom stereocenters. The predicted molar refractivity (Wildman–Crippen MR) is 105 cm³/mol. The van der Waals surface area contributed by atoms with Crippen molar-refractivity contribution in [1.82, 2.24) is 20.1 Å². The van der Waals surface area contributed by atoms with Gasteiger partial charge in [-0.25, -0.2) is 4.98 Å². The van der Waals surface area contributed by atoms with Crippen LogP contribution in [0, 0.1) is 5.92 Å². The number of likely N-dealkylation sites (tertiary alicyclic amines) is 1. The zero-order chi connectivity index (χ0) is 18.5. The Morgan fingerprint density at radius 2 is 2.11 bits per heavy atom. The van der Waals surface area contributed by atoms with Crippen molar-refractivity contribution >= 4 is 5.96 Å². The number of hydrogen-bond donors (Lipinski definition) is 1. The van der Waals surface area contributed by atoms with Gasteiger partial charge in [0, 0.05) is 58.1 Å². The zero-order valence-corrected chi connectivity index (χ0v) is 16.3. The minimum absolute atomic E-state index is 0.608. The second kappa shape index (κ2) is 8.89. The maximum absolute atomic E-state index is 5.71. The number of hydrogen-bond acceptors (Lipinski definition) is 5. The molecule has 3 fully saturated rings. The second-order valence-corrected chi connectivity index (χ2v) is 7.70. The normalized spacial score (nSPS) is 24.3. The van der Waals surface area contributed by atoms with Gasteiger partial charge in [-0.3, -0.25) is 9.89 Å². The van der Waals surface area contributed by atoms with Crippen LogP contribution >= 0.6 is 0 Å². The molecule has 7 nitrogen and oxygen atoms in total. The third kappa shape index (κ3) is 5.11. The SMILES string of the molecule is CN=C(NCc1ccc(OCC2CC2)nc1)N1CCC(N2CCOCC2)C1. The Balaban J connectivity index is 1.24. The van der Waals surface area contributed by atoms with Crippen LogP contribution in [0.3, 0.4) is 0 Å². The van der Waals surface area contributed by atoms with Crippen molar-refractivity contribution in [3.63, 3.8) is 0 Å². The average molecular weight is 374 g/mol. The molecule has 1 unspecified atom stereocenters. The lowest BCUT2D eigenvalue weighted by Crippen LogP contribution is -2.46. The number of aromatic nitrogens is 1. The molecule has 1 aromatic heterocycles. The van der Waals surface area contributed by atoms with Crippen molar-refractivity contribution in [2.45, 2.75) is 31.8 Å². The molecule has 0 spiro atoms. The second-order valence-electron chi connectivity index (χ2n) is 7.70. The average Bonchev–Trinajstić information content (AvgIpc) is 3.43. The highest BCUT2D eigenvalue weighted by atomic mass is 16.5. The van der Waals surface area contributed by atoms with Crippen LogP contribution in [-0.4, -0.2) is 79.8 Å². The Bertz CT molecular complexity index is 626. The van der Waals surface area contributed by atoms with Crippen LogP contribution in [0.25, 0.3) is 0 Å². The fraction of sp³-hybridized carbons (Fsp3) is 0.700. The summed E-state index contributed by atoms with van der Waals surface area (Å²) in [6, 6.07) is 4.65. The van der Waals surface area contributed by atoms with Crippen LogP contribution < -0.4 is 10.1 Å². The van der Waals surface area contributed by atoms with Gasteiger partial charge in [0.2, 0.25) is 5.88 Å². The summed E-state index contributed by atoms with van der Waals surface area (Å²) in [5.74, 6) is 2.45. The van der Waals surface area contributed by atoms with Gasteiger partial charge in [-0.05, 0) is 30.7 Å². The summed E-state index contributed by atoms with van der Waals surface area (Å²) < 4.78 is 11.2. The maximum Gasteiger partial charge on any atom is 0.213 e. The van der Waals surface area contributed by atoms with Gasteiger partial charge in [0.1, 0.15) is 0 Å². The summed E-state index contributed by atoms with van der Waals surface area (Å²) in [5, 5.41) is 3.48. The van der Waals surface area contributed by atoms with E-state index >= 15 is 0 Å². The third-order valence-electron chi connectivity index (χ3n) is 5.65. The van der Waals surface area contributed by atoms with Gasteiger partial charge < -0.3 is 19.7 Å². The molecule has 1 aliphatic carbocycles. The highest BCUT2D eigenvalue weighted by Gasteiger charge is 2.30. The Morgan fingerprint density at radius 1 is 1.26 bits per heavy atom. The molecule has 2 saturated heterocycles. The van der Waals surface area contributed by atoms with Gasteiger partial charge in [0.05, 0.1) is 19.8 Å². The fourth-order valence-electron chi connectivity index (χ4n) is 3.78. The van der Waals surface area contributed by atoms with E-state index in [0.717, 1.165) is 75.9 Å². The van der Waals surface area contributed by atoms with Gasteiger partial charge in [-0.1, -0.05) is 6.07 Å². The lowest BCUT2D eigenvalue weighted by Gasteiger charge is -2.32. The minimum Gasteiger partial charge on any atom is -0.477 e.